The van der Waals surface area contributed by atoms with Crippen molar-refractivity contribution < 1.29 is 67.4 Å². The number of methoxy groups -OCH3 is 1. The van der Waals surface area contributed by atoms with E-state index in [2.05, 4.69) is 5.32 Å². The Kier molecular flexibility index (Phi) is 15.4. The smallest absolute Gasteiger partial charge is 0.345 e. The van der Waals surface area contributed by atoms with Gasteiger partial charge in [-0.1, -0.05) is 69.7 Å². The second-order valence-corrected chi connectivity index (χ2v) is 18.4. The summed E-state index contributed by atoms with van der Waals surface area (Å²) >= 11 is 6.40. The summed E-state index contributed by atoms with van der Waals surface area (Å²) in [5.74, 6) is -10.5. The average Bonchev–Trinajstić information content (AvgIpc) is 3.54. The number of ketones is 3. The minimum atomic E-state index is -2.18. The second-order valence-electron chi connectivity index (χ2n) is 18.0. The van der Waals surface area contributed by atoms with Gasteiger partial charge in [0.2, 0.25) is 11.6 Å². The van der Waals surface area contributed by atoms with Crippen LogP contribution in [-0.4, -0.2) is 113 Å². The highest BCUT2D eigenvalue weighted by atomic mass is 35.5. The standard InChI is InChI=1S/C50H59ClN2O14/c1-23-15-14-16-24(2)48(60)52-38-39(53-21-25(3)64-26(4)22-53)43(58)35-36(42(38)57)45(66-49(61)32-17-12-13-18-33(32)51)30(8)46-37(35)47(59)50(10,67-46)63-20-19-34(62-11)27(5)44(65-31(9)54)29(7)41(56)28(6)40(23)55/h12-20,23,25-29,34,40-41,44,55-56H,21-22H2,1-11H3,(H,52,60)/t23-,25?,26?,27+,28+,29-,34-,40-,41-,44+,50-/m0/s1. The van der Waals surface area contributed by atoms with Gasteiger partial charge < -0.3 is 48.9 Å². The third kappa shape index (κ3) is 10.00. The third-order valence-electron chi connectivity index (χ3n) is 12.9. The van der Waals surface area contributed by atoms with Crippen LogP contribution < -0.4 is 14.8 Å². The molecular weight excluding hydrogens is 888 g/mol. The molecule has 0 spiro atoms. The predicted octanol–water partition coefficient (Wildman–Crippen LogP) is 6.23. The monoisotopic (exact) mass is 946 g/mol. The number of esters is 2. The molecule has 0 aromatic heterocycles. The first-order valence-electron chi connectivity index (χ1n) is 22.2. The van der Waals surface area contributed by atoms with Gasteiger partial charge in [0, 0.05) is 68.9 Å². The van der Waals surface area contributed by atoms with Crippen LogP contribution in [0.1, 0.15) is 109 Å². The minimum absolute atomic E-state index is 0.0138. The van der Waals surface area contributed by atoms with Crippen LogP contribution in [0.3, 0.4) is 0 Å². The maximum absolute atomic E-state index is 15.4. The van der Waals surface area contributed by atoms with E-state index in [1.165, 1.54) is 59.1 Å². The highest BCUT2D eigenvalue weighted by Crippen LogP contribution is 2.50. The molecule has 11 atom stereocenters. The summed E-state index contributed by atoms with van der Waals surface area (Å²) in [6.45, 7) is 16.2. The summed E-state index contributed by atoms with van der Waals surface area (Å²) in [5.41, 5.74) is -1.84. The average molecular weight is 947 g/mol. The van der Waals surface area contributed by atoms with E-state index in [9.17, 15) is 29.4 Å². The van der Waals surface area contributed by atoms with E-state index in [4.69, 9.17) is 40.0 Å². The van der Waals surface area contributed by atoms with Crippen molar-refractivity contribution >= 4 is 46.8 Å². The number of carbonyl (C=O) groups excluding carboxylic acids is 6. The first-order valence-corrected chi connectivity index (χ1v) is 22.6. The van der Waals surface area contributed by atoms with Gasteiger partial charge in [0.15, 0.2) is 0 Å². The van der Waals surface area contributed by atoms with Gasteiger partial charge in [0.1, 0.15) is 29.0 Å². The van der Waals surface area contributed by atoms with Gasteiger partial charge in [-0.25, -0.2) is 4.79 Å². The van der Waals surface area contributed by atoms with Gasteiger partial charge in [0.25, 0.3) is 11.7 Å². The Morgan fingerprint density at radius 1 is 0.881 bits per heavy atom. The fourth-order valence-corrected chi connectivity index (χ4v) is 9.44. The van der Waals surface area contributed by atoms with Crippen LogP contribution in [0, 0.1) is 30.6 Å². The lowest BCUT2D eigenvalue weighted by atomic mass is 9.78. The van der Waals surface area contributed by atoms with Crippen molar-refractivity contribution in [2.45, 2.75) is 112 Å². The highest BCUT2D eigenvalue weighted by molar-refractivity contribution is 6.34. The Balaban J connectivity index is 1.58. The number of aliphatic hydroxyl groups excluding tert-OH is 2. The van der Waals surface area contributed by atoms with Gasteiger partial charge in [0.05, 0.1) is 64.1 Å². The molecule has 2 aromatic carbocycles. The zero-order valence-corrected chi connectivity index (χ0v) is 40.3. The van der Waals surface area contributed by atoms with E-state index in [-0.39, 0.29) is 51.8 Å². The van der Waals surface area contributed by atoms with Crippen LogP contribution in [0.2, 0.25) is 5.02 Å². The normalized spacial score (nSPS) is 30.7. The van der Waals surface area contributed by atoms with Crippen molar-refractivity contribution in [1.82, 2.24) is 10.2 Å². The maximum Gasteiger partial charge on any atom is 0.345 e. The van der Waals surface area contributed by atoms with Crippen molar-refractivity contribution in [2.24, 2.45) is 23.7 Å². The number of rotatable bonds is 5. The second kappa shape index (κ2) is 20.3. The molecule has 4 aliphatic heterocycles. The number of hydrogen-bond acceptors (Lipinski definition) is 15. The number of hydrogen-bond donors (Lipinski definition) is 3. The van der Waals surface area contributed by atoms with Gasteiger partial charge in [-0.15, -0.1) is 0 Å². The van der Waals surface area contributed by atoms with Gasteiger partial charge in [-0.3, -0.25) is 24.0 Å². The summed E-state index contributed by atoms with van der Waals surface area (Å²) in [6.07, 6.45) is 2.36. The number of carbonyl (C=O) groups is 6. The number of morpholine rings is 1. The molecule has 7 rings (SSSR count). The SMILES string of the molecule is CO[C@H]1C=CO[C@@]2(C)Oc3c(C)c(OC(=O)c4ccccc4Cl)c4c(c3C2=O)C(=O)C(N2CC(C)OC(C)C2)=C(NC(=O)C(C)=CC=C[C@H](C)[C@H](O)[C@@H](C)[C@H](O)[C@H](C)[C@H](OC(C)=O)[C@@H]1C)C4=O. The van der Waals surface area contributed by atoms with Crippen molar-refractivity contribution in [3.63, 3.8) is 0 Å². The molecule has 5 bridgehead atoms. The molecule has 0 radical (unpaired) electrons. The fraction of sp³-hybridized carbons (Fsp3) is 0.480. The number of fused-ring (bicyclic) bond motifs is 14. The van der Waals surface area contributed by atoms with Crippen molar-refractivity contribution in [1.29, 1.82) is 0 Å². The number of Topliss-reactive ketones (excluding diaryl/α,β-unsaturated/α-hetero) is 3. The largest absolute Gasteiger partial charge is 0.462 e. The van der Waals surface area contributed by atoms with E-state index in [0.717, 1.165) is 6.26 Å². The fourth-order valence-electron chi connectivity index (χ4n) is 9.23. The molecule has 3 N–H and O–H groups in total. The van der Waals surface area contributed by atoms with Crippen LogP contribution in [0.5, 0.6) is 11.5 Å². The molecule has 4 heterocycles. The Morgan fingerprint density at radius 2 is 1.54 bits per heavy atom. The van der Waals surface area contributed by atoms with Gasteiger partial charge in [-0.05, 0) is 45.9 Å². The van der Waals surface area contributed by atoms with Crippen molar-refractivity contribution in [3.05, 3.63) is 105 Å². The topological polar surface area (TPSA) is 214 Å². The molecule has 16 nitrogen and oxygen atoms in total. The molecule has 1 amide bonds. The first kappa shape index (κ1) is 50.8. The molecule has 2 aromatic rings. The number of allylic oxidation sites excluding steroid dienone is 4. The van der Waals surface area contributed by atoms with Gasteiger partial charge >= 0.3 is 17.7 Å². The summed E-state index contributed by atoms with van der Waals surface area (Å²) in [6, 6.07) is 6.06. The van der Waals surface area contributed by atoms with Crippen LogP contribution in [0.15, 0.2) is 71.8 Å². The molecule has 5 aliphatic rings. The molecule has 1 aliphatic carbocycles. The lowest BCUT2D eigenvalue weighted by Crippen LogP contribution is -2.49. The van der Waals surface area contributed by atoms with Crippen molar-refractivity contribution in [3.8, 4) is 11.5 Å². The van der Waals surface area contributed by atoms with Crippen LogP contribution in [0.4, 0.5) is 0 Å². The quantitative estimate of drug-likeness (QED) is 0.224. The maximum atomic E-state index is 15.4. The van der Waals surface area contributed by atoms with Crippen LogP contribution in [0.25, 0.3) is 0 Å². The summed E-state index contributed by atoms with van der Waals surface area (Å²) in [7, 11) is 1.42. The van der Waals surface area contributed by atoms with Crippen molar-refractivity contribution in [2.75, 3.05) is 20.2 Å². The predicted molar refractivity (Wildman–Crippen MR) is 245 cm³/mol. The third-order valence-corrected chi connectivity index (χ3v) is 13.3. The Morgan fingerprint density at radius 3 is 2.16 bits per heavy atom. The highest BCUT2D eigenvalue weighted by Gasteiger charge is 2.54. The van der Waals surface area contributed by atoms with Crippen LogP contribution in [-0.2, 0) is 28.5 Å². The van der Waals surface area contributed by atoms with Gasteiger partial charge in [-0.2, -0.15) is 0 Å². The van der Waals surface area contributed by atoms with E-state index in [1.54, 1.807) is 70.7 Å². The number of nitrogens with zero attached hydrogens (tertiary/aromatic N) is 1. The lowest BCUT2D eigenvalue weighted by Gasteiger charge is -2.39. The number of amides is 1. The molecular formula is C50H59ClN2O14. The number of ether oxygens (including phenoxy) is 6. The number of benzene rings is 2. The molecule has 0 saturated carbocycles. The lowest BCUT2D eigenvalue weighted by molar-refractivity contribution is -0.160. The summed E-state index contributed by atoms with van der Waals surface area (Å²) in [4.78, 5) is 87.7. The zero-order valence-electron chi connectivity index (χ0n) is 39.5. The molecule has 2 unspecified atom stereocenters. The summed E-state index contributed by atoms with van der Waals surface area (Å²) < 4.78 is 35.9. The Labute approximate surface area is 394 Å². The molecule has 67 heavy (non-hydrogen) atoms. The Bertz CT molecular complexity index is 2470. The van der Waals surface area contributed by atoms with Crippen LogP contribution >= 0.6 is 11.6 Å². The molecule has 17 heteroatoms. The first-order chi connectivity index (χ1) is 31.5. The molecule has 1 saturated heterocycles. The number of aliphatic hydroxyl groups is 2. The number of nitrogens with one attached hydrogen (secondary N) is 1. The van der Waals surface area contributed by atoms with E-state index >= 15 is 9.59 Å². The van der Waals surface area contributed by atoms with E-state index in [1.807, 2.05) is 0 Å². The summed E-state index contributed by atoms with van der Waals surface area (Å²) in [5, 5.41) is 25.8. The van der Waals surface area contributed by atoms with E-state index < -0.39 is 124 Å². The molecule has 1 fully saturated rings. The molecule has 360 valence electrons. The zero-order chi connectivity index (χ0) is 49.4. The number of halogens is 1. The Hall–Kier alpha value is -5.65. The minimum Gasteiger partial charge on any atom is -0.462 e. The van der Waals surface area contributed by atoms with E-state index in [0.29, 0.717) is 0 Å².